The summed E-state index contributed by atoms with van der Waals surface area (Å²) in [6.45, 7) is 0. The number of benzene rings is 1. The second kappa shape index (κ2) is 2.96. The fraction of sp³-hybridized carbons (Fsp3) is 0. The Morgan fingerprint density at radius 1 is 1.31 bits per heavy atom. The minimum atomic E-state index is -0.358. The molecule has 0 atom stereocenters. The molecule has 0 aliphatic rings. The van der Waals surface area contributed by atoms with Gasteiger partial charge in [-0.1, -0.05) is 6.07 Å². The number of pyridine rings is 1. The van der Waals surface area contributed by atoms with Gasteiger partial charge in [0.05, 0.1) is 9.86 Å². The highest BCUT2D eigenvalue weighted by Gasteiger charge is 2.07. The monoisotopic (exact) mass is 240 g/mol. The van der Waals surface area contributed by atoms with Crippen molar-refractivity contribution in [1.29, 1.82) is 0 Å². The first-order valence-electron chi connectivity index (χ1n) is 3.68. The summed E-state index contributed by atoms with van der Waals surface area (Å²) in [7, 11) is 0. The Balaban J connectivity index is 2.97. The molecule has 0 aliphatic heterocycles. The van der Waals surface area contributed by atoms with E-state index in [1.807, 2.05) is 0 Å². The van der Waals surface area contributed by atoms with Crippen molar-refractivity contribution >= 4 is 32.5 Å². The predicted molar refractivity (Wildman–Crippen MR) is 53.8 cm³/mol. The van der Waals surface area contributed by atoms with Crippen LogP contribution in [-0.2, 0) is 0 Å². The number of hydrogen-bond donors (Lipinski definition) is 1. The lowest BCUT2D eigenvalue weighted by Gasteiger charge is -2.02. The first-order valence-corrected chi connectivity index (χ1v) is 4.47. The smallest absolute Gasteiger partial charge is 0.148 e. The minimum Gasteiger partial charge on any atom is -0.383 e. The van der Waals surface area contributed by atoms with Gasteiger partial charge in [0.15, 0.2) is 0 Å². The molecule has 0 unspecified atom stereocenters. The molecule has 0 amide bonds. The van der Waals surface area contributed by atoms with Crippen molar-refractivity contribution in [3.63, 3.8) is 0 Å². The van der Waals surface area contributed by atoms with Crippen molar-refractivity contribution in [3.05, 3.63) is 34.7 Å². The molecule has 0 fully saturated rings. The lowest BCUT2D eigenvalue weighted by Crippen LogP contribution is -1.93. The lowest BCUT2D eigenvalue weighted by molar-refractivity contribution is 0.633. The van der Waals surface area contributed by atoms with E-state index >= 15 is 0 Å². The molecule has 4 heteroatoms. The SMILES string of the molecule is Nc1nccc2ccc(Br)c(F)c12. The van der Waals surface area contributed by atoms with Crippen LogP contribution >= 0.6 is 15.9 Å². The zero-order chi connectivity index (χ0) is 9.42. The highest BCUT2D eigenvalue weighted by molar-refractivity contribution is 9.10. The molecule has 0 spiro atoms. The molecule has 0 saturated heterocycles. The number of nitrogens with two attached hydrogens (primary N) is 1. The summed E-state index contributed by atoms with van der Waals surface area (Å²) in [5, 5.41) is 1.13. The van der Waals surface area contributed by atoms with Crippen LogP contribution in [0.4, 0.5) is 10.2 Å². The number of halogens is 2. The molecule has 0 bridgehead atoms. The van der Waals surface area contributed by atoms with Crippen LogP contribution in [0.15, 0.2) is 28.9 Å². The second-order valence-corrected chi connectivity index (χ2v) is 3.51. The molecule has 13 heavy (non-hydrogen) atoms. The molecule has 1 aromatic carbocycles. The van der Waals surface area contributed by atoms with Crippen molar-refractivity contribution in [3.8, 4) is 0 Å². The Morgan fingerprint density at radius 3 is 2.85 bits per heavy atom. The summed E-state index contributed by atoms with van der Waals surface area (Å²) in [6, 6.07) is 5.17. The van der Waals surface area contributed by atoms with Gasteiger partial charge in [-0.25, -0.2) is 9.37 Å². The predicted octanol–water partition coefficient (Wildman–Crippen LogP) is 2.72. The van der Waals surface area contributed by atoms with Gasteiger partial charge < -0.3 is 5.73 Å². The van der Waals surface area contributed by atoms with Gasteiger partial charge in [0.2, 0.25) is 0 Å². The summed E-state index contributed by atoms with van der Waals surface area (Å²) in [6.07, 6.45) is 1.56. The Kier molecular flexibility index (Phi) is 1.92. The zero-order valence-electron chi connectivity index (χ0n) is 6.59. The van der Waals surface area contributed by atoms with Crippen LogP contribution < -0.4 is 5.73 Å². The van der Waals surface area contributed by atoms with E-state index in [4.69, 9.17) is 5.73 Å². The number of anilines is 1. The molecule has 0 aliphatic carbocycles. The molecule has 1 heterocycles. The minimum absolute atomic E-state index is 0.219. The molecule has 2 N–H and O–H groups in total. The third-order valence-corrected chi connectivity index (χ3v) is 2.46. The third-order valence-electron chi connectivity index (χ3n) is 1.85. The maximum absolute atomic E-state index is 13.5. The highest BCUT2D eigenvalue weighted by Crippen LogP contribution is 2.27. The number of hydrogen-bond acceptors (Lipinski definition) is 2. The molecule has 0 radical (unpaired) electrons. The fourth-order valence-corrected chi connectivity index (χ4v) is 1.56. The average Bonchev–Trinajstić information content (AvgIpc) is 2.12. The number of nitrogens with zero attached hydrogens (tertiary/aromatic N) is 1. The quantitative estimate of drug-likeness (QED) is 0.770. The van der Waals surface area contributed by atoms with Crippen LogP contribution in [0.25, 0.3) is 10.8 Å². The summed E-state index contributed by atoms with van der Waals surface area (Å²) in [4.78, 5) is 3.83. The van der Waals surface area contributed by atoms with Gasteiger partial charge in [0.25, 0.3) is 0 Å². The Bertz CT molecular complexity index is 470. The largest absolute Gasteiger partial charge is 0.383 e. The van der Waals surface area contributed by atoms with Crippen molar-refractivity contribution in [2.24, 2.45) is 0 Å². The van der Waals surface area contributed by atoms with E-state index in [1.54, 1.807) is 24.4 Å². The van der Waals surface area contributed by atoms with Gasteiger partial charge in [-0.15, -0.1) is 0 Å². The van der Waals surface area contributed by atoms with Crippen molar-refractivity contribution in [1.82, 2.24) is 4.98 Å². The summed E-state index contributed by atoms with van der Waals surface area (Å²) < 4.78 is 13.9. The summed E-state index contributed by atoms with van der Waals surface area (Å²) in [5.74, 6) is -0.139. The van der Waals surface area contributed by atoms with Gasteiger partial charge in [0, 0.05) is 6.20 Å². The van der Waals surface area contributed by atoms with Crippen molar-refractivity contribution in [2.75, 3.05) is 5.73 Å². The van der Waals surface area contributed by atoms with E-state index in [-0.39, 0.29) is 11.6 Å². The van der Waals surface area contributed by atoms with Gasteiger partial charge in [0.1, 0.15) is 11.6 Å². The van der Waals surface area contributed by atoms with Crippen molar-refractivity contribution in [2.45, 2.75) is 0 Å². The summed E-state index contributed by atoms with van der Waals surface area (Å²) >= 11 is 3.09. The highest BCUT2D eigenvalue weighted by atomic mass is 79.9. The average molecular weight is 241 g/mol. The Hall–Kier alpha value is -1.16. The topological polar surface area (TPSA) is 38.9 Å². The van der Waals surface area contributed by atoms with Gasteiger partial charge in [-0.05, 0) is 33.4 Å². The first kappa shape index (κ1) is 8.44. The van der Waals surface area contributed by atoms with Crippen LogP contribution in [0.2, 0.25) is 0 Å². The molecular weight excluding hydrogens is 235 g/mol. The summed E-state index contributed by atoms with van der Waals surface area (Å²) in [5.41, 5.74) is 5.55. The Morgan fingerprint density at radius 2 is 2.08 bits per heavy atom. The van der Waals surface area contributed by atoms with Crippen molar-refractivity contribution < 1.29 is 4.39 Å². The number of fused-ring (bicyclic) bond motifs is 1. The van der Waals surface area contributed by atoms with E-state index in [1.165, 1.54) is 0 Å². The third kappa shape index (κ3) is 1.27. The maximum atomic E-state index is 13.5. The zero-order valence-corrected chi connectivity index (χ0v) is 8.18. The van der Waals surface area contributed by atoms with Crippen LogP contribution in [0, 0.1) is 5.82 Å². The Labute approximate surface area is 82.7 Å². The van der Waals surface area contributed by atoms with Crippen LogP contribution in [0.3, 0.4) is 0 Å². The van der Waals surface area contributed by atoms with E-state index in [0.29, 0.717) is 9.86 Å². The van der Waals surface area contributed by atoms with Crippen LogP contribution in [0.1, 0.15) is 0 Å². The molecule has 66 valence electrons. The second-order valence-electron chi connectivity index (χ2n) is 2.66. The van der Waals surface area contributed by atoms with Gasteiger partial charge >= 0.3 is 0 Å². The molecule has 2 nitrogen and oxygen atoms in total. The molecule has 2 rings (SSSR count). The lowest BCUT2D eigenvalue weighted by atomic mass is 10.1. The number of nitrogen functional groups attached to an aromatic ring is 1. The van der Waals surface area contributed by atoms with Crippen LogP contribution in [-0.4, -0.2) is 4.98 Å². The molecular formula is C9H6BrFN2. The van der Waals surface area contributed by atoms with Gasteiger partial charge in [-0.2, -0.15) is 0 Å². The normalized spacial score (nSPS) is 10.6. The van der Waals surface area contributed by atoms with E-state index < -0.39 is 0 Å². The van der Waals surface area contributed by atoms with Gasteiger partial charge in [-0.3, -0.25) is 0 Å². The van der Waals surface area contributed by atoms with E-state index in [2.05, 4.69) is 20.9 Å². The maximum Gasteiger partial charge on any atom is 0.148 e. The fourth-order valence-electron chi connectivity index (χ4n) is 1.23. The van der Waals surface area contributed by atoms with Crippen LogP contribution in [0.5, 0.6) is 0 Å². The molecule has 1 aromatic heterocycles. The van der Waals surface area contributed by atoms with E-state index in [0.717, 1.165) is 5.39 Å². The first-order chi connectivity index (χ1) is 6.20. The number of rotatable bonds is 0. The molecule has 2 aromatic rings. The molecule has 0 saturated carbocycles. The standard InChI is InChI=1S/C9H6BrFN2/c10-6-2-1-5-3-4-13-9(12)7(5)8(6)11/h1-4H,(H2,12,13). The number of aromatic nitrogens is 1. The van der Waals surface area contributed by atoms with E-state index in [9.17, 15) is 4.39 Å².